The van der Waals surface area contributed by atoms with E-state index in [1.165, 1.54) is 11.8 Å². The van der Waals surface area contributed by atoms with E-state index in [2.05, 4.69) is 5.32 Å². The number of fused-ring (bicyclic) bond motifs is 1. The van der Waals surface area contributed by atoms with Gasteiger partial charge in [-0.1, -0.05) is 30.3 Å². The number of hydrogen-bond donors (Lipinski definition) is 1. The number of ether oxygens (including phenoxy) is 1. The zero-order valence-corrected chi connectivity index (χ0v) is 17.6. The largest absolute Gasteiger partial charge is 0.494 e. The molecule has 0 aliphatic rings. The van der Waals surface area contributed by atoms with Crippen LogP contribution < -0.4 is 15.6 Å². The third kappa shape index (κ3) is 5.41. The summed E-state index contributed by atoms with van der Waals surface area (Å²) in [6, 6.07) is 17.4. The van der Waals surface area contributed by atoms with Crippen LogP contribution in [0.25, 0.3) is 10.9 Å². The van der Waals surface area contributed by atoms with E-state index in [1.807, 2.05) is 62.4 Å². The predicted octanol–water partition coefficient (Wildman–Crippen LogP) is 3.87. The first-order valence-corrected chi connectivity index (χ1v) is 10.8. The molecule has 0 aliphatic carbocycles. The van der Waals surface area contributed by atoms with Crippen molar-refractivity contribution in [2.24, 2.45) is 0 Å². The average Bonchev–Trinajstić information content (AvgIpc) is 2.73. The zero-order valence-electron chi connectivity index (χ0n) is 16.8. The fourth-order valence-electron chi connectivity index (χ4n) is 3.21. The number of carbonyl (C=O) groups is 1. The molecule has 0 unspecified atom stereocenters. The maximum atomic E-state index is 12.4. The maximum absolute atomic E-state index is 12.4. The number of amides is 1. The molecule has 3 rings (SSSR count). The highest BCUT2D eigenvalue weighted by Gasteiger charge is 2.10. The molecular weight excluding hydrogens is 384 g/mol. The zero-order chi connectivity index (χ0) is 20.6. The molecule has 0 atom stereocenters. The van der Waals surface area contributed by atoms with Crippen molar-refractivity contribution in [2.45, 2.75) is 31.7 Å². The quantitative estimate of drug-likeness (QED) is 0.544. The van der Waals surface area contributed by atoms with Crippen LogP contribution in [0.1, 0.15) is 19.4 Å². The Morgan fingerprint density at radius 1 is 1.10 bits per heavy atom. The highest BCUT2D eigenvalue weighted by molar-refractivity contribution is 8.00. The molecule has 0 saturated carbocycles. The van der Waals surface area contributed by atoms with Crippen LogP contribution >= 0.6 is 11.8 Å². The van der Waals surface area contributed by atoms with E-state index in [1.54, 1.807) is 10.6 Å². The normalized spacial score (nSPS) is 10.8. The number of para-hydroxylation sites is 1. The molecule has 1 aromatic heterocycles. The molecule has 3 aromatic rings. The average molecular weight is 411 g/mol. The summed E-state index contributed by atoms with van der Waals surface area (Å²) in [5, 5.41) is 3.95. The number of pyridine rings is 1. The van der Waals surface area contributed by atoms with Crippen LogP contribution in [-0.2, 0) is 17.8 Å². The molecular formula is C23H26N2O3S. The number of nitrogens with zero attached hydrogens (tertiary/aromatic N) is 1. The third-order valence-corrected chi connectivity index (χ3v) is 5.68. The lowest BCUT2D eigenvalue weighted by Gasteiger charge is -2.12. The van der Waals surface area contributed by atoms with Crippen molar-refractivity contribution in [3.05, 3.63) is 70.5 Å². The highest BCUT2D eigenvalue weighted by atomic mass is 32.2. The van der Waals surface area contributed by atoms with Gasteiger partial charge in [-0.05, 0) is 44.0 Å². The Morgan fingerprint density at radius 3 is 2.59 bits per heavy atom. The molecule has 2 aromatic carbocycles. The Balaban J connectivity index is 1.55. The van der Waals surface area contributed by atoms with Crippen LogP contribution in [0.3, 0.4) is 0 Å². The van der Waals surface area contributed by atoms with E-state index < -0.39 is 0 Å². The summed E-state index contributed by atoms with van der Waals surface area (Å²) in [7, 11) is 0. The summed E-state index contributed by atoms with van der Waals surface area (Å²) in [5.74, 6) is 1.10. The summed E-state index contributed by atoms with van der Waals surface area (Å²) in [5.41, 5.74) is 2.01. The molecule has 1 N–H and O–H groups in total. The number of thioether (sulfide) groups is 1. The number of hydrogen-bond acceptors (Lipinski definition) is 4. The van der Waals surface area contributed by atoms with Crippen molar-refractivity contribution in [2.75, 3.05) is 18.9 Å². The van der Waals surface area contributed by atoms with Gasteiger partial charge in [0, 0.05) is 29.4 Å². The molecule has 1 amide bonds. The molecule has 0 aliphatic heterocycles. The number of nitrogens with one attached hydrogen (secondary N) is 1. The van der Waals surface area contributed by atoms with Gasteiger partial charge in [0.15, 0.2) is 0 Å². The van der Waals surface area contributed by atoms with E-state index in [0.29, 0.717) is 19.7 Å². The van der Waals surface area contributed by atoms with Gasteiger partial charge in [0.05, 0.1) is 17.9 Å². The summed E-state index contributed by atoms with van der Waals surface area (Å²) in [6.07, 6.45) is 0.762. The third-order valence-electron chi connectivity index (χ3n) is 4.63. The first kappa shape index (κ1) is 21.0. The number of aryl methyl sites for hydroxylation is 1. The maximum Gasteiger partial charge on any atom is 0.252 e. The number of benzene rings is 2. The van der Waals surface area contributed by atoms with E-state index in [4.69, 9.17) is 4.74 Å². The van der Waals surface area contributed by atoms with Gasteiger partial charge >= 0.3 is 0 Å². The van der Waals surface area contributed by atoms with Crippen LogP contribution in [0.2, 0.25) is 0 Å². The number of rotatable bonds is 9. The summed E-state index contributed by atoms with van der Waals surface area (Å²) < 4.78 is 7.18. The van der Waals surface area contributed by atoms with Crippen molar-refractivity contribution >= 4 is 28.6 Å². The van der Waals surface area contributed by atoms with Crippen LogP contribution in [0.4, 0.5) is 0 Å². The first-order chi connectivity index (χ1) is 14.1. The molecule has 0 fully saturated rings. The van der Waals surface area contributed by atoms with Crippen LogP contribution in [0.15, 0.2) is 64.3 Å². The van der Waals surface area contributed by atoms with Crippen LogP contribution in [0.5, 0.6) is 5.75 Å². The lowest BCUT2D eigenvalue weighted by molar-refractivity contribution is -0.118. The minimum atomic E-state index is -0.0374. The second kappa shape index (κ2) is 10.2. The van der Waals surface area contributed by atoms with Gasteiger partial charge in [-0.2, -0.15) is 0 Å². The lowest BCUT2D eigenvalue weighted by atomic mass is 10.1. The van der Waals surface area contributed by atoms with Gasteiger partial charge < -0.3 is 14.6 Å². The predicted molar refractivity (Wildman–Crippen MR) is 119 cm³/mol. The van der Waals surface area contributed by atoms with Gasteiger partial charge in [-0.3, -0.25) is 9.59 Å². The summed E-state index contributed by atoms with van der Waals surface area (Å²) in [6.45, 7) is 5.76. The molecule has 5 nitrogen and oxygen atoms in total. The van der Waals surface area contributed by atoms with Crippen LogP contribution in [0, 0.1) is 0 Å². The second-order valence-electron chi connectivity index (χ2n) is 6.57. The summed E-state index contributed by atoms with van der Waals surface area (Å²) in [4.78, 5) is 25.5. The number of aromatic nitrogens is 1. The molecule has 0 bridgehead atoms. The van der Waals surface area contributed by atoms with E-state index in [-0.39, 0.29) is 17.2 Å². The molecule has 0 radical (unpaired) electrons. The minimum absolute atomic E-state index is 0.0373. The van der Waals surface area contributed by atoms with E-state index in [0.717, 1.165) is 33.5 Å². The Kier molecular flexibility index (Phi) is 7.36. The van der Waals surface area contributed by atoms with Gasteiger partial charge in [-0.15, -0.1) is 11.8 Å². The van der Waals surface area contributed by atoms with Crippen molar-refractivity contribution in [1.82, 2.24) is 9.88 Å². The van der Waals surface area contributed by atoms with Crippen molar-refractivity contribution in [3.63, 3.8) is 0 Å². The Morgan fingerprint density at radius 2 is 1.86 bits per heavy atom. The fraction of sp³-hybridized carbons (Fsp3) is 0.304. The van der Waals surface area contributed by atoms with Crippen molar-refractivity contribution < 1.29 is 9.53 Å². The fourth-order valence-corrected chi connectivity index (χ4v) is 4.11. The Hall–Kier alpha value is -2.73. The molecule has 152 valence electrons. The van der Waals surface area contributed by atoms with E-state index in [9.17, 15) is 9.59 Å². The second-order valence-corrected chi connectivity index (χ2v) is 7.59. The van der Waals surface area contributed by atoms with E-state index >= 15 is 0 Å². The van der Waals surface area contributed by atoms with Gasteiger partial charge in [-0.25, -0.2) is 0 Å². The topological polar surface area (TPSA) is 60.3 Å². The molecule has 0 saturated heterocycles. The molecule has 29 heavy (non-hydrogen) atoms. The Labute approximate surface area is 175 Å². The smallest absolute Gasteiger partial charge is 0.252 e. The van der Waals surface area contributed by atoms with Gasteiger partial charge in [0.2, 0.25) is 5.91 Å². The first-order valence-electron chi connectivity index (χ1n) is 9.86. The number of carbonyl (C=O) groups excluding carboxylic acids is 1. The highest BCUT2D eigenvalue weighted by Crippen LogP contribution is 2.26. The van der Waals surface area contributed by atoms with Gasteiger partial charge in [0.1, 0.15) is 5.75 Å². The SMILES string of the molecule is CCOc1ccc(CCNC(=O)CSc2cc(=O)n(CC)c3ccccc23)cc1. The lowest BCUT2D eigenvalue weighted by Crippen LogP contribution is -2.27. The van der Waals surface area contributed by atoms with Crippen molar-refractivity contribution in [1.29, 1.82) is 0 Å². The summed E-state index contributed by atoms with van der Waals surface area (Å²) >= 11 is 1.40. The molecule has 1 heterocycles. The molecule has 0 spiro atoms. The van der Waals surface area contributed by atoms with Gasteiger partial charge in [0.25, 0.3) is 5.56 Å². The monoisotopic (exact) mass is 410 g/mol. The standard InChI is InChI=1S/C23H26N2O3S/c1-3-25-20-8-6-5-7-19(20)21(15-23(25)27)29-16-22(26)24-14-13-17-9-11-18(12-10-17)28-4-2/h5-12,15H,3-4,13-14,16H2,1-2H3,(H,24,26). The molecule has 6 heteroatoms. The van der Waals surface area contributed by atoms with Crippen LogP contribution in [-0.4, -0.2) is 29.4 Å². The van der Waals surface area contributed by atoms with Crippen molar-refractivity contribution in [3.8, 4) is 5.75 Å². The Bertz CT molecular complexity index is 1030. The minimum Gasteiger partial charge on any atom is -0.494 e.